The molecular formula is C25H28ClNO4. The summed E-state index contributed by atoms with van der Waals surface area (Å²) in [5.74, 6) is 1.71. The van der Waals surface area contributed by atoms with E-state index >= 15 is 0 Å². The number of hydrogen-bond donors (Lipinski definition) is 0. The van der Waals surface area contributed by atoms with E-state index in [1.54, 1.807) is 0 Å². The van der Waals surface area contributed by atoms with Crippen molar-refractivity contribution in [3.63, 3.8) is 0 Å². The number of amides is 1. The van der Waals surface area contributed by atoms with Crippen LogP contribution in [0.25, 0.3) is 0 Å². The zero-order valence-corrected chi connectivity index (χ0v) is 18.8. The molecular weight excluding hydrogens is 414 g/mol. The Hall–Kier alpha value is -2.53. The SMILES string of the molecule is Cc1cc(OCCCC(=O)N2CCC3(CC2)CC(=O)c2ccccc2O3)cc(C)c1Cl. The number of carbonyl (C=O) groups excluding carboxylic acids is 2. The maximum Gasteiger partial charge on any atom is 0.222 e. The lowest BCUT2D eigenvalue weighted by Gasteiger charge is -2.44. The zero-order valence-electron chi connectivity index (χ0n) is 18.1. The van der Waals surface area contributed by atoms with Crippen molar-refractivity contribution in [2.24, 2.45) is 0 Å². The van der Waals surface area contributed by atoms with Gasteiger partial charge in [-0.25, -0.2) is 0 Å². The molecule has 164 valence electrons. The van der Waals surface area contributed by atoms with Crippen LogP contribution in [0.1, 0.15) is 53.6 Å². The molecule has 0 atom stereocenters. The first-order valence-electron chi connectivity index (χ1n) is 10.9. The number of aryl methyl sites for hydroxylation is 2. The van der Waals surface area contributed by atoms with Crippen molar-refractivity contribution < 1.29 is 19.1 Å². The average Bonchev–Trinajstić information content (AvgIpc) is 2.75. The summed E-state index contributed by atoms with van der Waals surface area (Å²) >= 11 is 6.19. The molecule has 1 amide bonds. The number of halogens is 1. The number of ether oxygens (including phenoxy) is 2. The molecule has 0 bridgehead atoms. The van der Waals surface area contributed by atoms with Crippen LogP contribution in [0.5, 0.6) is 11.5 Å². The minimum atomic E-state index is -0.477. The van der Waals surface area contributed by atoms with Crippen LogP contribution in [0.4, 0.5) is 0 Å². The molecule has 2 aromatic rings. The summed E-state index contributed by atoms with van der Waals surface area (Å²) in [7, 11) is 0. The highest BCUT2D eigenvalue weighted by molar-refractivity contribution is 6.32. The second kappa shape index (κ2) is 8.91. The highest BCUT2D eigenvalue weighted by Crippen LogP contribution is 2.39. The summed E-state index contributed by atoms with van der Waals surface area (Å²) in [5.41, 5.74) is 2.16. The summed E-state index contributed by atoms with van der Waals surface area (Å²) in [6.07, 6.45) is 2.85. The van der Waals surface area contributed by atoms with Gasteiger partial charge in [-0.3, -0.25) is 9.59 Å². The molecule has 2 aliphatic rings. The third-order valence-electron chi connectivity index (χ3n) is 6.24. The number of ketones is 1. The first-order valence-corrected chi connectivity index (χ1v) is 11.2. The van der Waals surface area contributed by atoms with Gasteiger partial charge in [0.1, 0.15) is 17.1 Å². The van der Waals surface area contributed by atoms with Crippen LogP contribution in [-0.2, 0) is 4.79 Å². The number of piperidine rings is 1. The number of fused-ring (bicyclic) bond motifs is 1. The van der Waals surface area contributed by atoms with Gasteiger partial charge in [0.25, 0.3) is 0 Å². The molecule has 4 rings (SSSR count). The van der Waals surface area contributed by atoms with E-state index in [-0.39, 0.29) is 11.7 Å². The van der Waals surface area contributed by atoms with E-state index in [0.29, 0.717) is 63.1 Å². The van der Waals surface area contributed by atoms with E-state index in [0.717, 1.165) is 21.9 Å². The topological polar surface area (TPSA) is 55.8 Å². The second-order valence-electron chi connectivity index (χ2n) is 8.59. The number of benzene rings is 2. The lowest BCUT2D eigenvalue weighted by atomic mass is 9.82. The maximum absolute atomic E-state index is 12.6. The fourth-order valence-electron chi connectivity index (χ4n) is 4.45. The summed E-state index contributed by atoms with van der Waals surface area (Å²) in [4.78, 5) is 27.1. The lowest BCUT2D eigenvalue weighted by molar-refractivity contribution is -0.135. The molecule has 0 radical (unpaired) electrons. The average molecular weight is 442 g/mol. The Morgan fingerprint density at radius 1 is 1.16 bits per heavy atom. The molecule has 0 unspecified atom stereocenters. The third kappa shape index (κ3) is 4.72. The molecule has 2 aliphatic heterocycles. The van der Waals surface area contributed by atoms with E-state index in [2.05, 4.69) is 0 Å². The Labute approximate surface area is 188 Å². The fraction of sp³-hybridized carbons (Fsp3) is 0.440. The molecule has 0 N–H and O–H groups in total. The van der Waals surface area contributed by atoms with Gasteiger partial charge in [-0.2, -0.15) is 0 Å². The van der Waals surface area contributed by atoms with Crippen LogP contribution in [0.15, 0.2) is 36.4 Å². The van der Waals surface area contributed by atoms with Crippen molar-refractivity contribution in [1.82, 2.24) is 4.90 Å². The van der Waals surface area contributed by atoms with Crippen molar-refractivity contribution >= 4 is 23.3 Å². The van der Waals surface area contributed by atoms with Crippen molar-refractivity contribution in [3.8, 4) is 11.5 Å². The zero-order chi connectivity index (χ0) is 22.0. The predicted molar refractivity (Wildman–Crippen MR) is 120 cm³/mol. The third-order valence-corrected chi connectivity index (χ3v) is 6.83. The minimum Gasteiger partial charge on any atom is -0.494 e. The van der Waals surface area contributed by atoms with Gasteiger partial charge >= 0.3 is 0 Å². The monoisotopic (exact) mass is 441 g/mol. The number of rotatable bonds is 5. The molecule has 31 heavy (non-hydrogen) atoms. The second-order valence-corrected chi connectivity index (χ2v) is 8.96. The summed E-state index contributed by atoms with van der Waals surface area (Å²) < 4.78 is 12.1. The van der Waals surface area contributed by atoms with Gasteiger partial charge in [-0.1, -0.05) is 23.7 Å². The smallest absolute Gasteiger partial charge is 0.222 e. The minimum absolute atomic E-state index is 0.129. The number of hydrogen-bond acceptors (Lipinski definition) is 4. The van der Waals surface area contributed by atoms with E-state index in [1.807, 2.05) is 55.1 Å². The summed E-state index contributed by atoms with van der Waals surface area (Å²) in [5, 5.41) is 0.762. The molecule has 2 heterocycles. The van der Waals surface area contributed by atoms with Crippen molar-refractivity contribution in [3.05, 3.63) is 58.1 Å². The van der Waals surface area contributed by atoms with Crippen LogP contribution >= 0.6 is 11.6 Å². The van der Waals surface area contributed by atoms with Gasteiger partial charge in [0.05, 0.1) is 18.6 Å². The Bertz CT molecular complexity index is 972. The number of carbonyl (C=O) groups is 2. The van der Waals surface area contributed by atoms with Crippen LogP contribution in [0.3, 0.4) is 0 Å². The molecule has 1 spiro atoms. The molecule has 2 aromatic carbocycles. The van der Waals surface area contributed by atoms with Gasteiger partial charge in [0.15, 0.2) is 5.78 Å². The Morgan fingerprint density at radius 3 is 2.55 bits per heavy atom. The summed E-state index contributed by atoms with van der Waals surface area (Å²) in [6, 6.07) is 11.3. The predicted octanol–water partition coefficient (Wildman–Crippen LogP) is 5.14. The van der Waals surface area contributed by atoms with Crippen LogP contribution in [0, 0.1) is 13.8 Å². The lowest BCUT2D eigenvalue weighted by Crippen LogP contribution is -2.52. The number of likely N-dealkylation sites (tertiary alicyclic amines) is 1. The van der Waals surface area contributed by atoms with Crippen LogP contribution < -0.4 is 9.47 Å². The molecule has 1 saturated heterocycles. The van der Waals surface area contributed by atoms with E-state index in [4.69, 9.17) is 21.1 Å². The Balaban J connectivity index is 1.24. The first-order chi connectivity index (χ1) is 14.9. The van der Waals surface area contributed by atoms with Gasteiger partial charge in [-0.05, 0) is 55.7 Å². The fourth-order valence-corrected chi connectivity index (χ4v) is 4.56. The largest absolute Gasteiger partial charge is 0.494 e. The normalized spacial score (nSPS) is 17.3. The van der Waals surface area contributed by atoms with E-state index < -0.39 is 5.60 Å². The van der Waals surface area contributed by atoms with E-state index in [9.17, 15) is 9.59 Å². The molecule has 6 heteroatoms. The van der Waals surface area contributed by atoms with Crippen molar-refractivity contribution in [1.29, 1.82) is 0 Å². The highest BCUT2D eigenvalue weighted by Gasteiger charge is 2.43. The summed E-state index contributed by atoms with van der Waals surface area (Å²) in [6.45, 7) is 5.63. The van der Waals surface area contributed by atoms with Gasteiger partial charge in [-0.15, -0.1) is 0 Å². The molecule has 0 aliphatic carbocycles. The first kappa shape index (κ1) is 21.7. The Morgan fingerprint density at radius 2 is 1.84 bits per heavy atom. The number of para-hydroxylation sites is 1. The maximum atomic E-state index is 12.6. The van der Waals surface area contributed by atoms with Gasteiger partial charge in [0, 0.05) is 37.4 Å². The molecule has 5 nitrogen and oxygen atoms in total. The van der Waals surface area contributed by atoms with Crippen molar-refractivity contribution in [2.75, 3.05) is 19.7 Å². The van der Waals surface area contributed by atoms with Crippen molar-refractivity contribution in [2.45, 2.75) is 51.6 Å². The highest BCUT2D eigenvalue weighted by atomic mass is 35.5. The molecule has 1 fully saturated rings. The molecule has 0 saturated carbocycles. The van der Waals surface area contributed by atoms with Crippen LogP contribution in [-0.4, -0.2) is 41.9 Å². The molecule has 0 aromatic heterocycles. The number of nitrogens with zero attached hydrogens (tertiary/aromatic N) is 1. The quantitative estimate of drug-likeness (QED) is 0.602. The standard InChI is InChI=1S/C25H28ClNO4/c1-17-14-19(15-18(2)24(17)26)30-13-5-8-23(29)27-11-9-25(10-12-27)16-21(28)20-6-3-4-7-22(20)31-25/h3-4,6-7,14-15H,5,8-13,16H2,1-2H3. The van der Waals surface area contributed by atoms with E-state index in [1.165, 1.54) is 0 Å². The number of Topliss-reactive ketones (excluding diaryl/α,β-unsaturated/α-hetero) is 1. The van der Waals surface area contributed by atoms with Gasteiger partial charge in [0.2, 0.25) is 5.91 Å². The van der Waals surface area contributed by atoms with Crippen LogP contribution in [0.2, 0.25) is 5.02 Å². The van der Waals surface area contributed by atoms with Gasteiger partial charge < -0.3 is 14.4 Å². The Kier molecular flexibility index (Phi) is 6.24.